The van der Waals surface area contributed by atoms with Crippen LogP contribution in [-0.4, -0.2) is 30.1 Å². The molecule has 0 aliphatic carbocycles. The molecule has 5 rings (SSSR count). The first-order valence-corrected chi connectivity index (χ1v) is 10.4. The van der Waals surface area contributed by atoms with E-state index in [0.717, 1.165) is 61.1 Å². The smallest absolute Gasteiger partial charge is 0.259 e. The number of nitrogens with one attached hydrogen (secondary N) is 1. The van der Waals surface area contributed by atoms with Crippen molar-refractivity contribution in [1.29, 1.82) is 0 Å². The van der Waals surface area contributed by atoms with E-state index in [2.05, 4.69) is 22.3 Å². The van der Waals surface area contributed by atoms with Crippen LogP contribution in [-0.2, 0) is 6.42 Å². The monoisotopic (exact) mass is 407 g/mol. The highest BCUT2D eigenvalue weighted by atomic mass is 19.1. The Morgan fingerprint density at radius 3 is 2.73 bits per heavy atom. The minimum absolute atomic E-state index is 0.238. The Labute approximate surface area is 173 Å². The van der Waals surface area contributed by atoms with Crippen molar-refractivity contribution in [1.82, 2.24) is 10.5 Å². The Morgan fingerprint density at radius 1 is 1.17 bits per heavy atom. The molecule has 0 atom stereocenters. The third-order valence-electron chi connectivity index (χ3n) is 6.17. The lowest BCUT2D eigenvalue weighted by Crippen LogP contribution is -2.34. The van der Waals surface area contributed by atoms with Crippen LogP contribution in [0.2, 0.25) is 0 Å². The highest BCUT2D eigenvalue weighted by molar-refractivity contribution is 6.22. The van der Waals surface area contributed by atoms with Gasteiger partial charge in [-0.25, -0.2) is 4.39 Å². The molecule has 30 heavy (non-hydrogen) atoms. The molecular weight excluding hydrogens is 385 g/mol. The van der Waals surface area contributed by atoms with E-state index in [-0.39, 0.29) is 23.5 Å². The van der Waals surface area contributed by atoms with E-state index in [0.29, 0.717) is 16.7 Å². The highest BCUT2D eigenvalue weighted by Crippen LogP contribution is 2.37. The average Bonchev–Trinajstić information content (AvgIpc) is 3.29. The Kier molecular flexibility index (Phi) is 4.53. The number of anilines is 1. The molecule has 7 heteroatoms. The number of rotatable bonds is 4. The van der Waals surface area contributed by atoms with Crippen LogP contribution < -0.4 is 10.2 Å². The molecule has 2 aromatic carbocycles. The normalized spacial score (nSPS) is 16.9. The molecule has 3 aromatic rings. The van der Waals surface area contributed by atoms with Crippen molar-refractivity contribution in [3.8, 4) is 0 Å². The van der Waals surface area contributed by atoms with Crippen molar-refractivity contribution in [2.24, 2.45) is 0 Å². The Morgan fingerprint density at radius 2 is 1.97 bits per heavy atom. The summed E-state index contributed by atoms with van der Waals surface area (Å²) in [5, 5.41) is 7.51. The summed E-state index contributed by atoms with van der Waals surface area (Å²) in [5.74, 6) is -0.701. The van der Waals surface area contributed by atoms with Gasteiger partial charge in [-0.1, -0.05) is 18.5 Å². The summed E-state index contributed by atoms with van der Waals surface area (Å²) < 4.78 is 18.8. The van der Waals surface area contributed by atoms with E-state index in [1.807, 2.05) is 6.07 Å². The van der Waals surface area contributed by atoms with Crippen molar-refractivity contribution in [3.63, 3.8) is 0 Å². The van der Waals surface area contributed by atoms with Gasteiger partial charge in [-0.2, -0.15) is 0 Å². The number of carbonyl (C=O) groups excluding carboxylic acids is 2. The number of halogens is 1. The molecule has 1 fully saturated rings. The van der Waals surface area contributed by atoms with Crippen LogP contribution in [0.1, 0.15) is 64.1 Å². The third-order valence-corrected chi connectivity index (χ3v) is 6.17. The number of aromatic nitrogens is 1. The first-order chi connectivity index (χ1) is 14.6. The lowest BCUT2D eigenvalue weighted by atomic mass is 9.90. The summed E-state index contributed by atoms with van der Waals surface area (Å²) in [5.41, 5.74) is 4.36. The maximum atomic E-state index is 13.4. The van der Waals surface area contributed by atoms with E-state index in [1.165, 1.54) is 12.1 Å². The first kappa shape index (κ1) is 18.8. The molecule has 2 aliphatic heterocycles. The maximum absolute atomic E-state index is 13.4. The molecule has 0 saturated carbocycles. The maximum Gasteiger partial charge on any atom is 0.259 e. The van der Waals surface area contributed by atoms with Crippen LogP contribution in [0.4, 0.5) is 10.1 Å². The number of piperidine rings is 1. The van der Waals surface area contributed by atoms with Crippen LogP contribution in [0.15, 0.2) is 34.9 Å². The predicted octanol–water partition coefficient (Wildman–Crippen LogP) is 4.19. The van der Waals surface area contributed by atoms with Gasteiger partial charge in [0.05, 0.1) is 16.8 Å². The zero-order valence-corrected chi connectivity index (χ0v) is 16.7. The zero-order valence-electron chi connectivity index (χ0n) is 16.7. The SMILES string of the molecule is CCCc1c(N2CCC(c3noc4cc(F)ccc34)CC2)ccc2c1C(=O)NC2=O. The third kappa shape index (κ3) is 2.96. The van der Waals surface area contributed by atoms with Gasteiger partial charge in [-0.05, 0) is 49.1 Å². The predicted molar refractivity (Wildman–Crippen MR) is 110 cm³/mol. The number of imide groups is 1. The molecule has 154 valence electrons. The number of nitrogens with zero attached hydrogens (tertiary/aromatic N) is 2. The number of benzene rings is 2. The number of hydrogen-bond donors (Lipinski definition) is 1. The van der Waals surface area contributed by atoms with E-state index < -0.39 is 0 Å². The summed E-state index contributed by atoms with van der Waals surface area (Å²) in [4.78, 5) is 26.7. The number of amides is 2. The second kappa shape index (κ2) is 7.23. The standard InChI is InChI=1S/C23H22FN3O3/c1-2-3-15-18(7-6-17-20(15)23(29)25-22(17)28)27-10-8-13(9-11-27)21-16-5-4-14(24)12-19(16)30-26-21/h4-7,12-13H,2-3,8-11H2,1H3,(H,25,28,29). The lowest BCUT2D eigenvalue weighted by molar-refractivity contribution is 0.0879. The van der Waals surface area contributed by atoms with Crippen molar-refractivity contribution >= 4 is 28.5 Å². The molecular formula is C23H22FN3O3. The van der Waals surface area contributed by atoms with Gasteiger partial charge in [-0.15, -0.1) is 0 Å². The number of fused-ring (bicyclic) bond motifs is 2. The zero-order chi connectivity index (χ0) is 20.8. The summed E-state index contributed by atoms with van der Waals surface area (Å²) in [6.07, 6.45) is 3.40. The van der Waals surface area contributed by atoms with Gasteiger partial charge >= 0.3 is 0 Å². The Bertz CT molecular complexity index is 1160. The molecule has 1 saturated heterocycles. The van der Waals surface area contributed by atoms with Gasteiger partial charge in [0, 0.05) is 36.1 Å². The summed E-state index contributed by atoms with van der Waals surface area (Å²) in [6.45, 7) is 3.69. The van der Waals surface area contributed by atoms with Gasteiger partial charge in [0.2, 0.25) is 0 Å². The summed E-state index contributed by atoms with van der Waals surface area (Å²) >= 11 is 0. The van der Waals surface area contributed by atoms with Crippen LogP contribution in [0.3, 0.4) is 0 Å². The fraction of sp³-hybridized carbons (Fsp3) is 0.348. The molecule has 0 spiro atoms. The topological polar surface area (TPSA) is 75.4 Å². The summed E-state index contributed by atoms with van der Waals surface area (Å²) in [7, 11) is 0. The average molecular weight is 407 g/mol. The van der Waals surface area contributed by atoms with Gasteiger partial charge in [0.1, 0.15) is 5.82 Å². The van der Waals surface area contributed by atoms with E-state index in [4.69, 9.17) is 4.52 Å². The van der Waals surface area contributed by atoms with Crippen molar-refractivity contribution in [2.45, 2.75) is 38.5 Å². The van der Waals surface area contributed by atoms with Crippen molar-refractivity contribution < 1.29 is 18.5 Å². The second-order valence-electron chi connectivity index (χ2n) is 7.99. The van der Waals surface area contributed by atoms with E-state index in [1.54, 1.807) is 12.1 Å². The van der Waals surface area contributed by atoms with Crippen LogP contribution in [0, 0.1) is 5.82 Å². The first-order valence-electron chi connectivity index (χ1n) is 10.4. The highest BCUT2D eigenvalue weighted by Gasteiger charge is 2.33. The minimum Gasteiger partial charge on any atom is -0.371 e. The molecule has 1 aromatic heterocycles. The van der Waals surface area contributed by atoms with Crippen molar-refractivity contribution in [2.75, 3.05) is 18.0 Å². The van der Waals surface area contributed by atoms with Gasteiger partial charge < -0.3 is 9.42 Å². The second-order valence-corrected chi connectivity index (χ2v) is 7.99. The number of carbonyl (C=O) groups is 2. The molecule has 2 amide bonds. The minimum atomic E-state index is -0.331. The Balaban J connectivity index is 1.41. The quantitative estimate of drug-likeness (QED) is 0.657. The fourth-order valence-electron chi connectivity index (χ4n) is 4.74. The van der Waals surface area contributed by atoms with Crippen LogP contribution in [0.25, 0.3) is 11.0 Å². The molecule has 6 nitrogen and oxygen atoms in total. The molecule has 0 bridgehead atoms. The van der Waals surface area contributed by atoms with Gasteiger partial charge in [0.25, 0.3) is 11.8 Å². The van der Waals surface area contributed by atoms with Crippen LogP contribution in [0.5, 0.6) is 0 Å². The largest absolute Gasteiger partial charge is 0.371 e. The van der Waals surface area contributed by atoms with E-state index in [9.17, 15) is 14.0 Å². The lowest BCUT2D eigenvalue weighted by Gasteiger charge is -2.34. The summed E-state index contributed by atoms with van der Waals surface area (Å²) in [6, 6.07) is 8.27. The van der Waals surface area contributed by atoms with Gasteiger partial charge in [-0.3, -0.25) is 14.9 Å². The molecule has 0 unspecified atom stereocenters. The Hall–Kier alpha value is -3.22. The van der Waals surface area contributed by atoms with Crippen molar-refractivity contribution in [3.05, 3.63) is 58.5 Å². The molecule has 2 aliphatic rings. The fourth-order valence-corrected chi connectivity index (χ4v) is 4.74. The molecule has 1 N–H and O–H groups in total. The molecule has 3 heterocycles. The van der Waals surface area contributed by atoms with Gasteiger partial charge in [0.15, 0.2) is 5.58 Å². The van der Waals surface area contributed by atoms with E-state index >= 15 is 0 Å². The number of hydrogen-bond acceptors (Lipinski definition) is 5. The molecule has 0 radical (unpaired) electrons. The van der Waals surface area contributed by atoms with Crippen LogP contribution >= 0.6 is 0 Å².